The van der Waals surface area contributed by atoms with Crippen LogP contribution in [0.3, 0.4) is 0 Å². The molecule has 168 valence electrons. The molecule has 30 heavy (non-hydrogen) atoms. The van der Waals surface area contributed by atoms with Gasteiger partial charge in [0.25, 0.3) is 0 Å². The second-order valence-electron chi connectivity index (χ2n) is 8.94. The van der Waals surface area contributed by atoms with Gasteiger partial charge in [0.1, 0.15) is 0 Å². The van der Waals surface area contributed by atoms with E-state index in [1.54, 1.807) is 6.92 Å². The van der Waals surface area contributed by atoms with Crippen molar-refractivity contribution in [1.29, 1.82) is 0 Å². The minimum absolute atomic E-state index is 0.119. The topological polar surface area (TPSA) is 46.5 Å². The van der Waals surface area contributed by atoms with Gasteiger partial charge in [0, 0.05) is 5.56 Å². The van der Waals surface area contributed by atoms with E-state index in [9.17, 15) is 18.7 Å². The molecule has 0 bridgehead atoms. The first-order valence-electron chi connectivity index (χ1n) is 11.4. The molecule has 0 spiro atoms. The monoisotopic (exact) mass is 440 g/mol. The van der Waals surface area contributed by atoms with Gasteiger partial charge in [0.15, 0.2) is 11.6 Å². The molecule has 3 nitrogen and oxygen atoms in total. The maximum atomic E-state index is 15.0. The van der Waals surface area contributed by atoms with Crippen molar-refractivity contribution in [3.63, 3.8) is 0 Å². The number of halogens is 2. The normalized spacial score (nSPS) is 29.5. The van der Waals surface area contributed by atoms with E-state index in [4.69, 9.17) is 4.74 Å². The van der Waals surface area contributed by atoms with Crippen molar-refractivity contribution < 1.29 is 23.4 Å². The molecule has 0 saturated heterocycles. The summed E-state index contributed by atoms with van der Waals surface area (Å²) in [4.78, 5) is 11.6. The fraction of sp³-hybridized carbons (Fsp3) is 0.708. The molecule has 2 aliphatic rings. The van der Waals surface area contributed by atoms with Gasteiger partial charge in [-0.1, -0.05) is 38.7 Å². The predicted molar refractivity (Wildman–Crippen MR) is 117 cm³/mol. The second-order valence-corrected chi connectivity index (χ2v) is 10.3. The van der Waals surface area contributed by atoms with Crippen LogP contribution in [0.15, 0.2) is 12.1 Å². The van der Waals surface area contributed by atoms with E-state index in [0.717, 1.165) is 30.5 Å². The molecule has 1 N–H and O–H groups in total. The molecular weight excluding hydrogens is 406 g/mol. The van der Waals surface area contributed by atoms with Gasteiger partial charge in [-0.15, -0.1) is 0 Å². The number of carbonyl (C=O) groups is 1. The molecule has 6 heteroatoms. The molecule has 0 aliphatic heterocycles. The summed E-state index contributed by atoms with van der Waals surface area (Å²) in [5.41, 5.74) is 0.168. The molecule has 1 aromatic rings. The Kier molecular flexibility index (Phi) is 8.05. The Labute approximate surface area is 183 Å². The van der Waals surface area contributed by atoms with Crippen molar-refractivity contribution in [3.8, 4) is 5.75 Å². The van der Waals surface area contributed by atoms with Crippen molar-refractivity contribution in [2.75, 3.05) is 6.61 Å². The van der Waals surface area contributed by atoms with Gasteiger partial charge in [-0.2, -0.15) is 4.39 Å². The molecule has 0 radical (unpaired) electrons. The smallest absolute Gasteiger partial charge is 0.365 e. The third-order valence-corrected chi connectivity index (χ3v) is 8.41. The van der Waals surface area contributed by atoms with Crippen LogP contribution >= 0.6 is 11.8 Å². The summed E-state index contributed by atoms with van der Waals surface area (Å²) >= 11 is 0.743. The maximum absolute atomic E-state index is 15.0. The molecule has 2 fully saturated rings. The maximum Gasteiger partial charge on any atom is 0.365 e. The quantitative estimate of drug-likeness (QED) is 0.470. The molecule has 2 saturated carbocycles. The lowest BCUT2D eigenvalue weighted by Gasteiger charge is -2.43. The molecular formula is C24H34F2O3S. The summed E-state index contributed by atoms with van der Waals surface area (Å²) in [6.07, 6.45) is 10.5. The lowest BCUT2D eigenvalue weighted by Crippen LogP contribution is -2.34. The first-order chi connectivity index (χ1) is 14.4. The molecule has 0 amide bonds. The lowest BCUT2D eigenvalue weighted by molar-refractivity contribution is 0.150. The molecule has 3 rings (SSSR count). The molecule has 2 aliphatic carbocycles. The number of hydrogen-bond acceptors (Lipinski definition) is 3. The van der Waals surface area contributed by atoms with Crippen LogP contribution < -0.4 is 4.74 Å². The number of carboxylic acid groups (broad SMARTS) is 1. The van der Waals surface area contributed by atoms with Gasteiger partial charge in [0.05, 0.1) is 11.4 Å². The van der Waals surface area contributed by atoms with E-state index in [-0.39, 0.29) is 17.9 Å². The van der Waals surface area contributed by atoms with Crippen molar-refractivity contribution >= 4 is 17.1 Å². The van der Waals surface area contributed by atoms with E-state index in [1.165, 1.54) is 50.7 Å². The van der Waals surface area contributed by atoms with Crippen molar-refractivity contribution in [3.05, 3.63) is 29.3 Å². The van der Waals surface area contributed by atoms with Gasteiger partial charge >= 0.3 is 5.30 Å². The zero-order chi connectivity index (χ0) is 21.7. The minimum atomic E-state index is -1.04. The number of thioether (sulfide) groups is 1. The van der Waals surface area contributed by atoms with E-state index >= 15 is 0 Å². The average Bonchev–Trinajstić information content (AvgIpc) is 2.72. The fourth-order valence-electron chi connectivity index (χ4n) is 5.68. The highest BCUT2D eigenvalue weighted by atomic mass is 32.2. The van der Waals surface area contributed by atoms with Crippen LogP contribution in [0.4, 0.5) is 13.6 Å². The largest absolute Gasteiger partial charge is 0.491 e. The van der Waals surface area contributed by atoms with Crippen molar-refractivity contribution in [1.82, 2.24) is 0 Å². The highest BCUT2D eigenvalue weighted by Crippen LogP contribution is 2.53. The Morgan fingerprint density at radius 2 is 1.70 bits per heavy atom. The third kappa shape index (κ3) is 5.12. The van der Waals surface area contributed by atoms with Gasteiger partial charge in [0.2, 0.25) is 5.82 Å². The van der Waals surface area contributed by atoms with Gasteiger partial charge in [-0.05, 0) is 81.0 Å². The van der Waals surface area contributed by atoms with Crippen LogP contribution in [0.25, 0.3) is 0 Å². The predicted octanol–water partition coefficient (Wildman–Crippen LogP) is 7.77. The summed E-state index contributed by atoms with van der Waals surface area (Å²) in [5.74, 6) is 0.00651. The highest BCUT2D eigenvalue weighted by Gasteiger charge is 2.44. The molecule has 0 unspecified atom stereocenters. The van der Waals surface area contributed by atoms with Crippen LogP contribution in [-0.4, -0.2) is 17.0 Å². The van der Waals surface area contributed by atoms with Gasteiger partial charge in [-0.25, -0.2) is 9.18 Å². The van der Waals surface area contributed by atoms with Crippen molar-refractivity contribution in [2.24, 2.45) is 17.8 Å². The lowest BCUT2D eigenvalue weighted by atomic mass is 9.67. The Hall–Kier alpha value is -1.30. The van der Waals surface area contributed by atoms with Crippen LogP contribution in [0.5, 0.6) is 5.75 Å². The van der Waals surface area contributed by atoms with Gasteiger partial charge < -0.3 is 9.84 Å². The number of benzene rings is 1. The Balaban J connectivity index is 1.74. The fourth-order valence-corrected chi connectivity index (χ4v) is 6.72. The first-order valence-corrected chi connectivity index (χ1v) is 12.2. The summed E-state index contributed by atoms with van der Waals surface area (Å²) < 4.78 is 33.7. The third-order valence-electron chi connectivity index (χ3n) is 7.21. The van der Waals surface area contributed by atoms with Crippen LogP contribution in [0.1, 0.15) is 83.6 Å². The summed E-state index contributed by atoms with van der Waals surface area (Å²) in [5, 5.41) is 8.47. The van der Waals surface area contributed by atoms with E-state index in [1.807, 2.05) is 0 Å². The molecule has 0 atom stereocenters. The van der Waals surface area contributed by atoms with Crippen molar-refractivity contribution in [2.45, 2.75) is 82.8 Å². The molecule has 1 aromatic carbocycles. The van der Waals surface area contributed by atoms with Crippen LogP contribution in [0, 0.1) is 29.4 Å². The van der Waals surface area contributed by atoms with E-state index < -0.39 is 21.7 Å². The minimum Gasteiger partial charge on any atom is -0.491 e. The zero-order valence-corrected chi connectivity index (χ0v) is 18.9. The summed E-state index contributed by atoms with van der Waals surface area (Å²) in [6, 6.07) is 2.96. The molecule has 0 aromatic heterocycles. The summed E-state index contributed by atoms with van der Waals surface area (Å²) in [7, 11) is 0. The summed E-state index contributed by atoms with van der Waals surface area (Å²) in [6.45, 7) is 4.20. The standard InChI is InChI=1S/C24H34F2O3S/c1-3-5-16-6-8-17(9-7-16)18-12-14-24(15-13-18,30-23(27)28)19-10-11-20(29-4-2)22(26)21(19)25/h10-11,16-18H,3-9,12-15H2,1-2H3,(H,27,28). The molecule has 0 heterocycles. The van der Waals surface area contributed by atoms with E-state index in [0.29, 0.717) is 24.7 Å². The Morgan fingerprint density at radius 1 is 1.07 bits per heavy atom. The number of hydrogen-bond donors (Lipinski definition) is 1. The Bertz CT molecular complexity index is 723. The zero-order valence-electron chi connectivity index (χ0n) is 18.1. The average molecular weight is 441 g/mol. The van der Waals surface area contributed by atoms with Crippen LogP contribution in [0.2, 0.25) is 0 Å². The number of rotatable bonds is 7. The van der Waals surface area contributed by atoms with Gasteiger partial charge in [-0.3, -0.25) is 0 Å². The van der Waals surface area contributed by atoms with E-state index in [2.05, 4.69) is 6.92 Å². The SMILES string of the molecule is CCCC1CCC(C2CCC(SC(=O)O)(c3ccc(OCC)c(F)c3F)CC2)CC1. The Morgan fingerprint density at radius 3 is 2.27 bits per heavy atom. The second kappa shape index (κ2) is 10.3. The van der Waals surface area contributed by atoms with Crippen LogP contribution in [-0.2, 0) is 4.75 Å². The first kappa shape index (κ1) is 23.4. The number of ether oxygens (including phenoxy) is 1. The highest BCUT2D eigenvalue weighted by molar-refractivity contribution is 8.14.